The normalized spacial score (nSPS) is 13.2. The summed E-state index contributed by atoms with van der Waals surface area (Å²) >= 11 is 0. The van der Waals surface area contributed by atoms with E-state index in [2.05, 4.69) is 51.1 Å². The first-order valence-electron chi connectivity index (χ1n) is 4.61. The van der Waals surface area contributed by atoms with Crippen molar-refractivity contribution in [1.29, 1.82) is 0 Å². The molecule has 0 aromatic rings. The minimum Gasteiger partial charge on any atom is -0.309 e. The average Bonchev–Trinajstić information content (AvgIpc) is 2.03. The molecular weight excluding hydrogens is 146 g/mol. The zero-order chi connectivity index (χ0) is 9.40. The van der Waals surface area contributed by atoms with E-state index in [1.54, 1.807) is 0 Å². The summed E-state index contributed by atoms with van der Waals surface area (Å²) in [7, 11) is 4.22. The fraction of sp³-hybridized carbons (Fsp3) is 0.636. The van der Waals surface area contributed by atoms with Crippen LogP contribution in [0.1, 0.15) is 26.7 Å². The lowest BCUT2D eigenvalue weighted by Crippen LogP contribution is -2.12. The van der Waals surface area contributed by atoms with Crippen molar-refractivity contribution in [3.05, 3.63) is 23.8 Å². The molecule has 0 saturated heterocycles. The molecule has 0 rings (SSSR count). The first kappa shape index (κ1) is 11.4. The van der Waals surface area contributed by atoms with Crippen LogP contribution in [0.5, 0.6) is 0 Å². The van der Waals surface area contributed by atoms with Gasteiger partial charge in [-0.1, -0.05) is 23.8 Å². The van der Waals surface area contributed by atoms with E-state index in [0.29, 0.717) is 0 Å². The highest BCUT2D eigenvalue weighted by molar-refractivity contribution is 5.14. The molecule has 12 heavy (non-hydrogen) atoms. The van der Waals surface area contributed by atoms with Crippen LogP contribution in [-0.4, -0.2) is 25.5 Å². The second-order valence-electron chi connectivity index (χ2n) is 3.38. The second kappa shape index (κ2) is 7.11. The molecule has 70 valence electrons. The molecule has 1 nitrogen and oxygen atoms in total. The van der Waals surface area contributed by atoms with Crippen molar-refractivity contribution < 1.29 is 0 Å². The molecule has 1 heteroatoms. The van der Waals surface area contributed by atoms with E-state index in [1.165, 1.54) is 25.0 Å². The summed E-state index contributed by atoms with van der Waals surface area (Å²) in [4.78, 5) is 2.22. The zero-order valence-electron chi connectivity index (χ0n) is 8.80. The highest BCUT2D eigenvalue weighted by Crippen LogP contribution is 1.98. The molecule has 0 fully saturated rings. The number of nitrogens with zero attached hydrogens (tertiary/aromatic N) is 1. The molecule has 0 saturated carbocycles. The number of unbranched alkanes of at least 4 members (excludes halogenated alkanes) is 1. The van der Waals surface area contributed by atoms with E-state index in [4.69, 9.17) is 0 Å². The van der Waals surface area contributed by atoms with Crippen molar-refractivity contribution in [2.45, 2.75) is 26.7 Å². The summed E-state index contributed by atoms with van der Waals surface area (Å²) in [6.07, 6.45) is 9.00. The summed E-state index contributed by atoms with van der Waals surface area (Å²) in [6.45, 7) is 5.38. The Bertz CT molecular complexity index is 154. The average molecular weight is 167 g/mol. The summed E-state index contributed by atoms with van der Waals surface area (Å²) in [5.41, 5.74) is 1.35. The van der Waals surface area contributed by atoms with E-state index < -0.39 is 0 Å². The van der Waals surface area contributed by atoms with Crippen LogP contribution in [0.15, 0.2) is 23.8 Å². The predicted molar refractivity (Wildman–Crippen MR) is 56.4 cm³/mol. The Morgan fingerprint density at radius 1 is 1.33 bits per heavy atom. The van der Waals surface area contributed by atoms with Gasteiger partial charge in [0.15, 0.2) is 0 Å². The van der Waals surface area contributed by atoms with E-state index >= 15 is 0 Å². The Morgan fingerprint density at radius 2 is 2.00 bits per heavy atom. The Labute approximate surface area is 76.8 Å². The zero-order valence-corrected chi connectivity index (χ0v) is 8.80. The maximum absolute atomic E-state index is 2.25. The van der Waals surface area contributed by atoms with Crippen molar-refractivity contribution in [3.63, 3.8) is 0 Å². The topological polar surface area (TPSA) is 3.24 Å². The lowest BCUT2D eigenvalue weighted by Gasteiger charge is -2.06. The third kappa shape index (κ3) is 7.55. The second-order valence-corrected chi connectivity index (χ2v) is 3.38. The Kier molecular flexibility index (Phi) is 6.78. The molecule has 0 bridgehead atoms. The largest absolute Gasteiger partial charge is 0.309 e. The molecule has 0 aliphatic rings. The molecule has 0 atom stereocenters. The van der Waals surface area contributed by atoms with Gasteiger partial charge in [0.05, 0.1) is 0 Å². The first-order chi connectivity index (χ1) is 5.66. The van der Waals surface area contributed by atoms with E-state index in [-0.39, 0.29) is 0 Å². The van der Waals surface area contributed by atoms with Crippen LogP contribution in [0, 0.1) is 0 Å². The van der Waals surface area contributed by atoms with Gasteiger partial charge in [-0.15, -0.1) is 0 Å². The lowest BCUT2D eigenvalue weighted by atomic mass is 10.2. The number of allylic oxidation sites excluding steroid dienone is 4. The van der Waals surface area contributed by atoms with Gasteiger partial charge in [0.1, 0.15) is 0 Å². The van der Waals surface area contributed by atoms with Gasteiger partial charge in [-0.2, -0.15) is 0 Å². The van der Waals surface area contributed by atoms with Crippen molar-refractivity contribution in [2.24, 2.45) is 0 Å². The minimum absolute atomic E-state index is 1.18. The number of rotatable bonds is 5. The SMILES string of the molecule is C/C=C(C)\C=C/CCCN(C)C. The molecule has 0 radical (unpaired) electrons. The maximum atomic E-state index is 2.25. The van der Waals surface area contributed by atoms with Crippen molar-refractivity contribution >= 4 is 0 Å². The number of hydrogen-bond acceptors (Lipinski definition) is 1. The highest BCUT2D eigenvalue weighted by atomic mass is 15.0. The van der Waals surface area contributed by atoms with Crippen LogP contribution >= 0.6 is 0 Å². The Balaban J connectivity index is 3.37. The van der Waals surface area contributed by atoms with Crippen LogP contribution in [0.2, 0.25) is 0 Å². The molecular formula is C11H21N. The fourth-order valence-electron chi connectivity index (χ4n) is 0.891. The molecule has 0 aliphatic carbocycles. The van der Waals surface area contributed by atoms with Crippen LogP contribution in [0.4, 0.5) is 0 Å². The molecule has 0 aromatic carbocycles. The third-order valence-corrected chi connectivity index (χ3v) is 1.81. The van der Waals surface area contributed by atoms with Crippen LogP contribution in [0.25, 0.3) is 0 Å². The van der Waals surface area contributed by atoms with Crippen LogP contribution in [0.3, 0.4) is 0 Å². The van der Waals surface area contributed by atoms with Gasteiger partial charge in [-0.3, -0.25) is 0 Å². The summed E-state index contributed by atoms with van der Waals surface area (Å²) in [5.74, 6) is 0. The molecule has 0 unspecified atom stereocenters. The summed E-state index contributed by atoms with van der Waals surface area (Å²) in [5, 5.41) is 0. The molecule has 0 amide bonds. The van der Waals surface area contributed by atoms with E-state index in [0.717, 1.165) is 0 Å². The quantitative estimate of drug-likeness (QED) is 0.449. The van der Waals surface area contributed by atoms with Gasteiger partial charge >= 0.3 is 0 Å². The third-order valence-electron chi connectivity index (χ3n) is 1.81. The lowest BCUT2D eigenvalue weighted by molar-refractivity contribution is 0.402. The van der Waals surface area contributed by atoms with Gasteiger partial charge in [0.2, 0.25) is 0 Å². The van der Waals surface area contributed by atoms with E-state index in [1.807, 2.05) is 0 Å². The minimum atomic E-state index is 1.18. The molecule has 0 aromatic heterocycles. The maximum Gasteiger partial charge on any atom is -0.00219 e. The summed E-state index contributed by atoms with van der Waals surface area (Å²) in [6, 6.07) is 0. The van der Waals surface area contributed by atoms with Gasteiger partial charge in [-0.25, -0.2) is 0 Å². The molecule has 0 N–H and O–H groups in total. The molecule has 0 aliphatic heterocycles. The van der Waals surface area contributed by atoms with Crippen molar-refractivity contribution in [3.8, 4) is 0 Å². The molecule has 0 spiro atoms. The van der Waals surface area contributed by atoms with Gasteiger partial charge in [0.25, 0.3) is 0 Å². The predicted octanol–water partition coefficient (Wildman–Crippen LogP) is 2.85. The Morgan fingerprint density at radius 3 is 2.50 bits per heavy atom. The number of hydrogen-bond donors (Lipinski definition) is 0. The van der Waals surface area contributed by atoms with Crippen molar-refractivity contribution in [1.82, 2.24) is 4.90 Å². The first-order valence-corrected chi connectivity index (χ1v) is 4.61. The monoisotopic (exact) mass is 167 g/mol. The summed E-state index contributed by atoms with van der Waals surface area (Å²) < 4.78 is 0. The highest BCUT2D eigenvalue weighted by Gasteiger charge is 1.86. The molecule has 0 heterocycles. The van der Waals surface area contributed by atoms with Gasteiger partial charge in [-0.05, 0) is 47.3 Å². The van der Waals surface area contributed by atoms with Crippen LogP contribution < -0.4 is 0 Å². The van der Waals surface area contributed by atoms with E-state index in [9.17, 15) is 0 Å². The fourth-order valence-corrected chi connectivity index (χ4v) is 0.891. The van der Waals surface area contributed by atoms with Crippen LogP contribution in [-0.2, 0) is 0 Å². The smallest absolute Gasteiger partial charge is 0.00219 e. The van der Waals surface area contributed by atoms with Crippen molar-refractivity contribution in [2.75, 3.05) is 20.6 Å². The van der Waals surface area contributed by atoms with Gasteiger partial charge in [0, 0.05) is 0 Å². The standard InChI is InChI=1S/C11H21N/c1-5-11(2)9-7-6-8-10-12(3)4/h5,7,9H,6,8,10H2,1-4H3/b9-7-,11-5-. The Hall–Kier alpha value is -0.560. The van der Waals surface area contributed by atoms with Gasteiger partial charge < -0.3 is 4.90 Å².